The number of H-pyrrole nitrogens is 1. The maximum Gasteiger partial charge on any atom is 0.356 e. The van der Waals surface area contributed by atoms with Crippen LogP contribution in [0, 0.1) is 0 Å². The van der Waals surface area contributed by atoms with E-state index in [1.807, 2.05) is 18.2 Å². The van der Waals surface area contributed by atoms with Gasteiger partial charge < -0.3 is 10.4 Å². The van der Waals surface area contributed by atoms with E-state index in [0.717, 1.165) is 16.3 Å². The van der Waals surface area contributed by atoms with Crippen molar-refractivity contribution in [2.24, 2.45) is 0 Å². The van der Waals surface area contributed by atoms with Crippen LogP contribution in [0.15, 0.2) is 43.0 Å². The molecule has 0 saturated carbocycles. The van der Waals surface area contributed by atoms with E-state index in [1.165, 1.54) is 0 Å². The van der Waals surface area contributed by atoms with Crippen molar-refractivity contribution >= 4 is 33.6 Å². The predicted molar refractivity (Wildman–Crippen MR) is 87.7 cm³/mol. The molecular formula is C16H12N6O2. The van der Waals surface area contributed by atoms with E-state index >= 15 is 0 Å². The molecule has 0 spiro atoms. The van der Waals surface area contributed by atoms with E-state index in [0.29, 0.717) is 23.4 Å². The van der Waals surface area contributed by atoms with E-state index in [1.54, 1.807) is 24.8 Å². The Morgan fingerprint density at radius 2 is 2.00 bits per heavy atom. The number of carbonyl (C=O) groups is 1. The number of carboxylic acid groups (broad SMARTS) is 1. The lowest BCUT2D eigenvalue weighted by molar-refractivity contribution is 0.0692. The average Bonchev–Trinajstić information content (AvgIpc) is 3.05. The molecule has 4 rings (SSSR count). The summed E-state index contributed by atoms with van der Waals surface area (Å²) in [5.74, 6) is -0.529. The Kier molecular flexibility index (Phi) is 3.27. The van der Waals surface area contributed by atoms with Crippen LogP contribution in [0.4, 0.5) is 5.82 Å². The Labute approximate surface area is 135 Å². The number of hydrogen-bond donors (Lipinski definition) is 3. The van der Waals surface area contributed by atoms with Crippen LogP contribution < -0.4 is 5.32 Å². The average molecular weight is 320 g/mol. The van der Waals surface area contributed by atoms with Crippen LogP contribution in [-0.2, 0) is 6.54 Å². The zero-order valence-corrected chi connectivity index (χ0v) is 12.4. The summed E-state index contributed by atoms with van der Waals surface area (Å²) in [5, 5.41) is 20.7. The second-order valence-corrected chi connectivity index (χ2v) is 5.20. The molecule has 0 bridgehead atoms. The molecule has 24 heavy (non-hydrogen) atoms. The van der Waals surface area contributed by atoms with Crippen molar-refractivity contribution in [3.63, 3.8) is 0 Å². The quantitative estimate of drug-likeness (QED) is 0.527. The molecule has 0 aliphatic heterocycles. The van der Waals surface area contributed by atoms with Crippen LogP contribution in [0.1, 0.15) is 16.1 Å². The van der Waals surface area contributed by atoms with Gasteiger partial charge in [-0.1, -0.05) is 6.07 Å². The summed E-state index contributed by atoms with van der Waals surface area (Å²) in [6.07, 6.45) is 6.78. The third-order valence-electron chi connectivity index (χ3n) is 3.69. The molecule has 8 nitrogen and oxygen atoms in total. The molecule has 8 heteroatoms. The van der Waals surface area contributed by atoms with Gasteiger partial charge in [0.1, 0.15) is 16.9 Å². The summed E-state index contributed by atoms with van der Waals surface area (Å²) >= 11 is 0. The van der Waals surface area contributed by atoms with Gasteiger partial charge in [0.2, 0.25) is 0 Å². The number of nitrogens with zero attached hydrogens (tertiary/aromatic N) is 4. The second kappa shape index (κ2) is 5.58. The van der Waals surface area contributed by atoms with Gasteiger partial charge in [0.25, 0.3) is 0 Å². The first-order valence-electron chi connectivity index (χ1n) is 7.22. The van der Waals surface area contributed by atoms with Gasteiger partial charge in [-0.05, 0) is 17.7 Å². The van der Waals surface area contributed by atoms with Crippen molar-refractivity contribution in [3.05, 3.63) is 54.2 Å². The molecule has 3 N–H and O–H groups in total. The highest BCUT2D eigenvalue weighted by atomic mass is 16.4. The number of aromatic amines is 1. The lowest BCUT2D eigenvalue weighted by Crippen LogP contribution is -2.04. The third-order valence-corrected chi connectivity index (χ3v) is 3.69. The molecule has 0 aromatic carbocycles. The van der Waals surface area contributed by atoms with E-state index < -0.39 is 5.97 Å². The molecule has 118 valence electrons. The number of rotatable bonds is 4. The number of hydrogen-bond acceptors (Lipinski definition) is 6. The summed E-state index contributed by atoms with van der Waals surface area (Å²) < 4.78 is 0. The van der Waals surface area contributed by atoms with Crippen LogP contribution in [0.25, 0.3) is 21.8 Å². The number of pyridine rings is 3. The lowest BCUT2D eigenvalue weighted by Gasteiger charge is -2.09. The second-order valence-electron chi connectivity index (χ2n) is 5.20. The Morgan fingerprint density at radius 3 is 2.79 bits per heavy atom. The number of aromatic nitrogens is 5. The van der Waals surface area contributed by atoms with E-state index in [2.05, 4.69) is 30.5 Å². The molecule has 0 atom stereocenters. The zero-order valence-electron chi connectivity index (χ0n) is 12.4. The normalized spacial score (nSPS) is 11.0. The van der Waals surface area contributed by atoms with Crippen LogP contribution >= 0.6 is 0 Å². The van der Waals surface area contributed by atoms with E-state index in [9.17, 15) is 9.90 Å². The van der Waals surface area contributed by atoms with Gasteiger partial charge in [-0.25, -0.2) is 9.78 Å². The van der Waals surface area contributed by atoms with Gasteiger partial charge in [-0.15, -0.1) is 0 Å². The highest BCUT2D eigenvalue weighted by molar-refractivity contribution is 6.12. The largest absolute Gasteiger partial charge is 0.476 e. The first-order valence-corrected chi connectivity index (χ1v) is 7.22. The first-order chi connectivity index (χ1) is 11.7. The van der Waals surface area contributed by atoms with Crippen molar-refractivity contribution < 1.29 is 9.90 Å². The smallest absolute Gasteiger partial charge is 0.356 e. The Balaban J connectivity index is 1.85. The summed E-state index contributed by atoms with van der Waals surface area (Å²) in [6, 6.07) is 5.62. The van der Waals surface area contributed by atoms with Gasteiger partial charge in [0, 0.05) is 42.1 Å². The zero-order chi connectivity index (χ0) is 16.5. The third kappa shape index (κ3) is 2.30. The molecule has 0 fully saturated rings. The van der Waals surface area contributed by atoms with Gasteiger partial charge >= 0.3 is 5.97 Å². The highest BCUT2D eigenvalue weighted by Gasteiger charge is 2.18. The minimum atomic E-state index is -1.11. The van der Waals surface area contributed by atoms with Gasteiger partial charge in [-0.2, -0.15) is 5.10 Å². The fraction of sp³-hybridized carbons (Fsp3) is 0.0625. The van der Waals surface area contributed by atoms with E-state index in [-0.39, 0.29) is 5.69 Å². The Hall–Kier alpha value is -3.55. The number of fused-ring (bicyclic) bond motifs is 3. The van der Waals surface area contributed by atoms with Crippen LogP contribution in [0.2, 0.25) is 0 Å². The van der Waals surface area contributed by atoms with Crippen molar-refractivity contribution in [1.82, 2.24) is 25.1 Å². The molecule has 0 radical (unpaired) electrons. The molecular weight excluding hydrogens is 308 g/mol. The highest BCUT2D eigenvalue weighted by Crippen LogP contribution is 2.29. The van der Waals surface area contributed by atoms with Crippen molar-refractivity contribution in [2.45, 2.75) is 6.54 Å². The van der Waals surface area contributed by atoms with Crippen LogP contribution in [0.3, 0.4) is 0 Å². The summed E-state index contributed by atoms with van der Waals surface area (Å²) in [5.41, 5.74) is 1.74. The minimum absolute atomic E-state index is 0.0415. The maximum absolute atomic E-state index is 11.3. The van der Waals surface area contributed by atoms with Crippen molar-refractivity contribution in [2.75, 3.05) is 5.32 Å². The fourth-order valence-electron chi connectivity index (χ4n) is 2.57. The predicted octanol–water partition coefficient (Wildman–Crippen LogP) is 2.21. The van der Waals surface area contributed by atoms with E-state index in [4.69, 9.17) is 0 Å². The molecule has 0 aliphatic carbocycles. The number of carboxylic acids is 1. The number of anilines is 1. The van der Waals surface area contributed by atoms with Gasteiger partial charge in [-0.3, -0.25) is 15.1 Å². The van der Waals surface area contributed by atoms with Crippen LogP contribution in [-0.4, -0.2) is 36.2 Å². The summed E-state index contributed by atoms with van der Waals surface area (Å²) in [7, 11) is 0. The van der Waals surface area contributed by atoms with Crippen molar-refractivity contribution in [1.29, 1.82) is 0 Å². The molecule has 4 aromatic heterocycles. The molecule has 4 aromatic rings. The maximum atomic E-state index is 11.3. The standard InChI is InChI=1S/C16H12N6O2/c23-16(24)14-13-12(21-22-14)11-8-18-5-3-10(11)15(20-13)19-7-9-2-1-4-17-6-9/h1-6,8H,7H2,(H,19,20)(H,21,22)(H,23,24). The van der Waals surface area contributed by atoms with Gasteiger partial charge in [0.15, 0.2) is 5.69 Å². The summed E-state index contributed by atoms with van der Waals surface area (Å²) in [4.78, 5) is 24.0. The SMILES string of the molecule is O=C(O)c1[nH]nc2c1nc(NCc1cccnc1)c1ccncc12. The molecule has 0 unspecified atom stereocenters. The topological polar surface area (TPSA) is 117 Å². The number of aromatic carboxylic acids is 1. The molecule has 0 saturated heterocycles. The summed E-state index contributed by atoms with van der Waals surface area (Å²) in [6.45, 7) is 0.518. The van der Waals surface area contributed by atoms with Crippen LogP contribution in [0.5, 0.6) is 0 Å². The van der Waals surface area contributed by atoms with Crippen molar-refractivity contribution in [3.8, 4) is 0 Å². The molecule has 0 aliphatic rings. The molecule has 4 heterocycles. The molecule has 0 amide bonds. The Bertz CT molecular complexity index is 1040. The van der Waals surface area contributed by atoms with Gasteiger partial charge in [0.05, 0.1) is 0 Å². The number of nitrogens with one attached hydrogen (secondary N) is 2. The monoisotopic (exact) mass is 320 g/mol. The fourth-order valence-corrected chi connectivity index (χ4v) is 2.57. The Morgan fingerprint density at radius 1 is 1.12 bits per heavy atom. The minimum Gasteiger partial charge on any atom is -0.476 e. The first kappa shape index (κ1) is 14.1. The lowest BCUT2D eigenvalue weighted by atomic mass is 10.1.